The Morgan fingerprint density at radius 1 is 0.829 bits per heavy atom. The zero-order valence-electron chi connectivity index (χ0n) is 21.4. The summed E-state index contributed by atoms with van der Waals surface area (Å²) in [4.78, 5) is 16.1. The Bertz CT molecular complexity index is 780. The van der Waals surface area contributed by atoms with Gasteiger partial charge < -0.3 is 9.80 Å². The van der Waals surface area contributed by atoms with Crippen LogP contribution >= 0.6 is 0 Å². The topological polar surface area (TPSA) is 23.6 Å². The van der Waals surface area contributed by atoms with E-state index in [1.165, 1.54) is 50.7 Å². The minimum atomic E-state index is -4.37. The Morgan fingerprint density at radius 2 is 1.43 bits per heavy atom. The molecule has 3 nitrogen and oxygen atoms in total. The third-order valence-electron chi connectivity index (χ3n) is 6.52. The van der Waals surface area contributed by atoms with Gasteiger partial charge in [0.2, 0.25) is 5.91 Å². The molecule has 1 fully saturated rings. The van der Waals surface area contributed by atoms with Gasteiger partial charge in [0.25, 0.3) is 0 Å². The summed E-state index contributed by atoms with van der Waals surface area (Å²) in [6.45, 7) is 4.04. The lowest BCUT2D eigenvalue weighted by atomic mass is 10.1. The van der Waals surface area contributed by atoms with Crippen LogP contribution < -0.4 is 4.90 Å². The average molecular weight is 493 g/mol. The number of piperazine rings is 1. The first kappa shape index (κ1) is 29.0. The Hall–Kier alpha value is -2.24. The number of para-hydroxylation sites is 1. The number of amides is 1. The van der Waals surface area contributed by atoms with E-state index in [1.54, 1.807) is 15.9 Å². The van der Waals surface area contributed by atoms with Crippen LogP contribution in [0.15, 0.2) is 48.6 Å². The first-order valence-electron chi connectivity index (χ1n) is 13.4. The number of allylic oxidation sites excluding steroid dienone is 4. The molecule has 0 atom stereocenters. The van der Waals surface area contributed by atoms with E-state index < -0.39 is 11.7 Å². The largest absolute Gasteiger partial charge is 0.418 e. The fourth-order valence-electron chi connectivity index (χ4n) is 4.43. The number of benzene rings is 1. The van der Waals surface area contributed by atoms with Crippen LogP contribution in [0.3, 0.4) is 0 Å². The van der Waals surface area contributed by atoms with Gasteiger partial charge in [-0.25, -0.2) is 0 Å². The fraction of sp³-hybridized carbons (Fsp3) is 0.621. The third-order valence-corrected chi connectivity index (χ3v) is 6.52. The van der Waals surface area contributed by atoms with Crippen molar-refractivity contribution in [3.8, 4) is 0 Å². The molecule has 0 bridgehead atoms. The number of alkyl halides is 3. The average Bonchev–Trinajstić information content (AvgIpc) is 2.86. The number of hydrogen-bond donors (Lipinski definition) is 0. The van der Waals surface area contributed by atoms with Crippen LogP contribution in [0.1, 0.15) is 89.5 Å². The molecule has 1 saturated heterocycles. The Morgan fingerprint density at radius 3 is 2.09 bits per heavy atom. The molecule has 0 aromatic heterocycles. The summed E-state index contributed by atoms with van der Waals surface area (Å²) in [6.07, 6.45) is 17.9. The molecule has 1 aliphatic heterocycles. The van der Waals surface area contributed by atoms with E-state index in [2.05, 4.69) is 31.2 Å². The van der Waals surface area contributed by atoms with Gasteiger partial charge in [0.05, 0.1) is 5.56 Å². The van der Waals surface area contributed by atoms with E-state index in [9.17, 15) is 18.0 Å². The smallest absolute Gasteiger partial charge is 0.367 e. The van der Waals surface area contributed by atoms with Crippen LogP contribution in [0.5, 0.6) is 0 Å². The number of carbonyl (C=O) groups excluding carboxylic acids is 1. The maximum Gasteiger partial charge on any atom is 0.418 e. The maximum atomic E-state index is 13.3. The molecular formula is C29H43F3N2O. The van der Waals surface area contributed by atoms with Crippen molar-refractivity contribution in [3.63, 3.8) is 0 Å². The minimum absolute atomic E-state index is 0.124. The molecule has 35 heavy (non-hydrogen) atoms. The molecule has 0 radical (unpaired) electrons. The number of nitrogens with zero attached hydrogens (tertiary/aromatic N) is 2. The van der Waals surface area contributed by atoms with Gasteiger partial charge in [0.1, 0.15) is 0 Å². The Kier molecular flexibility index (Phi) is 13.6. The molecular weight excluding hydrogens is 449 g/mol. The molecule has 1 aromatic rings. The highest BCUT2D eigenvalue weighted by molar-refractivity contribution is 5.76. The zero-order valence-corrected chi connectivity index (χ0v) is 21.4. The van der Waals surface area contributed by atoms with Gasteiger partial charge in [-0.2, -0.15) is 13.2 Å². The van der Waals surface area contributed by atoms with E-state index in [0.29, 0.717) is 32.6 Å². The number of carbonyl (C=O) groups is 1. The third kappa shape index (κ3) is 11.4. The Labute approximate surface area is 210 Å². The van der Waals surface area contributed by atoms with Crippen LogP contribution in [0.25, 0.3) is 0 Å². The first-order chi connectivity index (χ1) is 16.9. The molecule has 6 heteroatoms. The van der Waals surface area contributed by atoms with Crippen molar-refractivity contribution in [2.75, 3.05) is 31.1 Å². The summed E-state index contributed by atoms with van der Waals surface area (Å²) in [5.41, 5.74) is -0.397. The predicted octanol–water partition coefficient (Wildman–Crippen LogP) is 8.17. The van der Waals surface area contributed by atoms with E-state index in [1.807, 2.05) is 0 Å². The van der Waals surface area contributed by atoms with Gasteiger partial charge in [0, 0.05) is 38.3 Å². The van der Waals surface area contributed by atoms with E-state index in [4.69, 9.17) is 0 Å². The molecule has 1 aliphatic rings. The lowest BCUT2D eigenvalue weighted by Gasteiger charge is -2.37. The first-order valence-corrected chi connectivity index (χ1v) is 13.4. The van der Waals surface area contributed by atoms with Crippen molar-refractivity contribution in [2.24, 2.45) is 0 Å². The van der Waals surface area contributed by atoms with Gasteiger partial charge in [-0.3, -0.25) is 4.79 Å². The van der Waals surface area contributed by atoms with Gasteiger partial charge in [-0.15, -0.1) is 0 Å². The summed E-state index contributed by atoms with van der Waals surface area (Å²) < 4.78 is 39.9. The number of halogens is 3. The SMILES string of the molecule is CCCCC/C=C\C/C=C\CCCCCCCC(=O)N1CCN(c2ccccc2C(F)(F)F)CC1. The van der Waals surface area contributed by atoms with Crippen molar-refractivity contribution < 1.29 is 18.0 Å². The van der Waals surface area contributed by atoms with Crippen LogP contribution in [0.2, 0.25) is 0 Å². The van der Waals surface area contributed by atoms with Gasteiger partial charge >= 0.3 is 6.18 Å². The van der Waals surface area contributed by atoms with Crippen LogP contribution in [0, 0.1) is 0 Å². The normalized spacial score (nSPS) is 15.0. The number of hydrogen-bond acceptors (Lipinski definition) is 2. The summed E-state index contributed by atoms with van der Waals surface area (Å²) >= 11 is 0. The number of anilines is 1. The fourth-order valence-corrected chi connectivity index (χ4v) is 4.43. The molecule has 1 aromatic carbocycles. The Balaban J connectivity index is 1.52. The summed E-state index contributed by atoms with van der Waals surface area (Å²) in [6, 6.07) is 5.68. The number of rotatable bonds is 15. The van der Waals surface area contributed by atoms with Crippen LogP contribution in [-0.4, -0.2) is 37.0 Å². The van der Waals surface area contributed by atoms with Gasteiger partial charge in [-0.05, 0) is 50.7 Å². The molecule has 0 aliphatic carbocycles. The van der Waals surface area contributed by atoms with Crippen molar-refractivity contribution in [1.82, 2.24) is 4.90 Å². The lowest BCUT2D eigenvalue weighted by Crippen LogP contribution is -2.49. The predicted molar refractivity (Wildman–Crippen MR) is 140 cm³/mol. The summed E-state index contributed by atoms with van der Waals surface area (Å²) in [7, 11) is 0. The quantitative estimate of drug-likeness (QED) is 0.182. The van der Waals surface area contributed by atoms with E-state index >= 15 is 0 Å². The standard InChI is InChI=1S/C29H43F3N2O/c1-2-3-4-5-6-7-8-9-10-11-12-13-14-15-16-21-28(35)34-24-22-33(23-25-34)27-20-18-17-19-26(27)29(30,31)32/h6-7,9-10,17-20H,2-5,8,11-16,21-25H2,1H3/b7-6-,10-9-. The second-order valence-corrected chi connectivity index (χ2v) is 9.36. The zero-order chi connectivity index (χ0) is 25.4. The monoisotopic (exact) mass is 492 g/mol. The molecule has 0 unspecified atom stereocenters. The highest BCUT2D eigenvalue weighted by Crippen LogP contribution is 2.36. The highest BCUT2D eigenvalue weighted by Gasteiger charge is 2.35. The van der Waals surface area contributed by atoms with Crippen LogP contribution in [-0.2, 0) is 11.0 Å². The van der Waals surface area contributed by atoms with E-state index in [-0.39, 0.29) is 11.6 Å². The minimum Gasteiger partial charge on any atom is -0.367 e. The maximum absolute atomic E-state index is 13.3. The van der Waals surface area contributed by atoms with Crippen molar-refractivity contribution in [3.05, 3.63) is 54.1 Å². The molecule has 196 valence electrons. The van der Waals surface area contributed by atoms with E-state index in [0.717, 1.165) is 38.2 Å². The summed E-state index contributed by atoms with van der Waals surface area (Å²) in [5.74, 6) is 0.124. The molecule has 0 saturated carbocycles. The molecule has 0 N–H and O–H groups in total. The molecule has 1 heterocycles. The van der Waals surface area contributed by atoms with Crippen LogP contribution in [0.4, 0.5) is 18.9 Å². The summed E-state index contributed by atoms with van der Waals surface area (Å²) in [5, 5.41) is 0. The lowest BCUT2D eigenvalue weighted by molar-refractivity contribution is -0.137. The number of unbranched alkanes of at least 4 members (excludes halogenated alkanes) is 8. The van der Waals surface area contributed by atoms with Gasteiger partial charge in [0.15, 0.2) is 0 Å². The van der Waals surface area contributed by atoms with Crippen molar-refractivity contribution >= 4 is 11.6 Å². The molecule has 2 rings (SSSR count). The second-order valence-electron chi connectivity index (χ2n) is 9.36. The molecule has 0 spiro atoms. The molecule has 1 amide bonds. The highest BCUT2D eigenvalue weighted by atomic mass is 19.4. The van der Waals surface area contributed by atoms with Crippen molar-refractivity contribution in [2.45, 2.75) is 90.1 Å². The van der Waals surface area contributed by atoms with Crippen molar-refractivity contribution in [1.29, 1.82) is 0 Å². The second kappa shape index (κ2) is 16.4. The van der Waals surface area contributed by atoms with Gasteiger partial charge in [-0.1, -0.05) is 75.5 Å².